The zero-order valence-electron chi connectivity index (χ0n) is 14.5. The van der Waals surface area contributed by atoms with Crippen molar-refractivity contribution in [1.29, 1.82) is 0 Å². The molecule has 5 nitrogen and oxygen atoms in total. The maximum absolute atomic E-state index is 13.4. The number of carbonyl (C=O) groups excluding carboxylic acids is 1. The molecule has 4 aromatic rings. The number of anilines is 1. The Morgan fingerprint density at radius 1 is 1.11 bits per heavy atom. The van der Waals surface area contributed by atoms with Crippen LogP contribution >= 0.6 is 0 Å². The van der Waals surface area contributed by atoms with Gasteiger partial charge in [-0.3, -0.25) is 4.79 Å². The Labute approximate surface area is 155 Å². The van der Waals surface area contributed by atoms with Crippen molar-refractivity contribution in [3.8, 4) is 17.0 Å². The van der Waals surface area contributed by atoms with Crippen molar-refractivity contribution >= 4 is 17.2 Å². The van der Waals surface area contributed by atoms with Crippen LogP contribution in [0.2, 0.25) is 0 Å². The van der Waals surface area contributed by atoms with Crippen LogP contribution in [0.25, 0.3) is 16.9 Å². The van der Waals surface area contributed by atoms with Gasteiger partial charge >= 0.3 is 0 Å². The van der Waals surface area contributed by atoms with E-state index in [1.165, 1.54) is 25.3 Å². The molecule has 2 aromatic carbocycles. The van der Waals surface area contributed by atoms with Crippen LogP contribution in [0.5, 0.6) is 5.75 Å². The van der Waals surface area contributed by atoms with Gasteiger partial charge in [-0.05, 0) is 48.5 Å². The van der Waals surface area contributed by atoms with Crippen molar-refractivity contribution in [1.82, 2.24) is 9.38 Å². The number of rotatable bonds is 4. The molecule has 4 rings (SSSR count). The number of amides is 1. The fourth-order valence-corrected chi connectivity index (χ4v) is 2.86. The number of hydrogen-bond donors (Lipinski definition) is 1. The van der Waals surface area contributed by atoms with Gasteiger partial charge in [0.05, 0.1) is 18.5 Å². The summed E-state index contributed by atoms with van der Waals surface area (Å²) in [6, 6.07) is 16.7. The molecule has 0 saturated carbocycles. The van der Waals surface area contributed by atoms with E-state index in [9.17, 15) is 9.18 Å². The summed E-state index contributed by atoms with van der Waals surface area (Å²) in [6.07, 6.45) is 3.83. The number of imidazole rings is 1. The molecular formula is C21H16FN3O2. The Morgan fingerprint density at radius 3 is 2.78 bits per heavy atom. The Balaban J connectivity index is 1.69. The Morgan fingerprint density at radius 2 is 2.00 bits per heavy atom. The van der Waals surface area contributed by atoms with E-state index in [-0.39, 0.29) is 5.56 Å². The standard InChI is InChI=1S/C21H16FN3O2/c1-27-19-9-8-14(18-13-25-10-3-2-7-20(25)23-18)12-17(19)24-21(26)15-5-4-6-16(22)11-15/h2-13H,1H3,(H,24,26). The lowest BCUT2D eigenvalue weighted by Gasteiger charge is -2.11. The van der Waals surface area contributed by atoms with Crippen LogP contribution in [-0.2, 0) is 0 Å². The molecule has 6 heteroatoms. The van der Waals surface area contributed by atoms with Gasteiger partial charge in [0, 0.05) is 23.5 Å². The molecule has 134 valence electrons. The summed E-state index contributed by atoms with van der Waals surface area (Å²) in [5, 5.41) is 2.78. The summed E-state index contributed by atoms with van der Waals surface area (Å²) in [7, 11) is 1.53. The second-order valence-electron chi connectivity index (χ2n) is 5.97. The first-order valence-corrected chi connectivity index (χ1v) is 8.33. The van der Waals surface area contributed by atoms with Crippen LogP contribution in [0, 0.1) is 5.82 Å². The molecule has 0 spiro atoms. The first kappa shape index (κ1) is 16.8. The van der Waals surface area contributed by atoms with Crippen molar-refractivity contribution in [3.63, 3.8) is 0 Å². The smallest absolute Gasteiger partial charge is 0.255 e. The molecule has 0 fully saturated rings. The number of benzene rings is 2. The first-order valence-electron chi connectivity index (χ1n) is 8.33. The molecule has 0 aliphatic rings. The number of hydrogen-bond acceptors (Lipinski definition) is 3. The van der Waals surface area contributed by atoms with Gasteiger partial charge in [0.1, 0.15) is 17.2 Å². The van der Waals surface area contributed by atoms with Crippen molar-refractivity contribution in [2.75, 3.05) is 12.4 Å². The molecule has 2 aromatic heterocycles. The fraction of sp³-hybridized carbons (Fsp3) is 0.0476. The SMILES string of the molecule is COc1ccc(-c2cn3ccccc3n2)cc1NC(=O)c1cccc(F)c1. The molecule has 0 bridgehead atoms. The van der Waals surface area contributed by atoms with Crippen LogP contribution < -0.4 is 10.1 Å². The first-order chi connectivity index (χ1) is 13.1. The molecule has 1 amide bonds. The molecule has 27 heavy (non-hydrogen) atoms. The molecular weight excluding hydrogens is 345 g/mol. The number of methoxy groups -OCH3 is 1. The quantitative estimate of drug-likeness (QED) is 0.586. The van der Waals surface area contributed by atoms with E-state index in [2.05, 4.69) is 10.3 Å². The minimum absolute atomic E-state index is 0.232. The van der Waals surface area contributed by atoms with Gasteiger partial charge in [-0.2, -0.15) is 0 Å². The van der Waals surface area contributed by atoms with Gasteiger partial charge in [-0.15, -0.1) is 0 Å². The highest BCUT2D eigenvalue weighted by Gasteiger charge is 2.13. The van der Waals surface area contributed by atoms with Gasteiger partial charge < -0.3 is 14.5 Å². The van der Waals surface area contributed by atoms with Crippen LogP contribution in [0.3, 0.4) is 0 Å². The number of fused-ring (bicyclic) bond motifs is 1. The maximum atomic E-state index is 13.4. The summed E-state index contributed by atoms with van der Waals surface area (Å²) in [4.78, 5) is 17.1. The Hall–Kier alpha value is -3.67. The minimum atomic E-state index is -0.465. The van der Waals surface area contributed by atoms with Gasteiger partial charge in [0.25, 0.3) is 5.91 Å². The molecule has 2 heterocycles. The number of nitrogens with zero attached hydrogens (tertiary/aromatic N) is 2. The van der Waals surface area contributed by atoms with Crippen LogP contribution in [0.1, 0.15) is 10.4 Å². The molecule has 0 aliphatic carbocycles. The number of pyridine rings is 1. The predicted octanol–water partition coefficient (Wildman–Crippen LogP) is 4.40. The van der Waals surface area contributed by atoms with E-state index in [0.29, 0.717) is 11.4 Å². The second kappa shape index (κ2) is 6.92. The highest BCUT2D eigenvalue weighted by Crippen LogP contribution is 2.31. The van der Waals surface area contributed by atoms with E-state index in [0.717, 1.165) is 16.9 Å². The Bertz CT molecular complexity index is 1100. The van der Waals surface area contributed by atoms with Crippen molar-refractivity contribution in [2.45, 2.75) is 0 Å². The van der Waals surface area contributed by atoms with E-state index < -0.39 is 11.7 Å². The zero-order chi connectivity index (χ0) is 18.8. The largest absolute Gasteiger partial charge is 0.495 e. The van der Waals surface area contributed by atoms with Crippen molar-refractivity contribution in [3.05, 3.63) is 84.4 Å². The summed E-state index contributed by atoms with van der Waals surface area (Å²) in [5.41, 5.74) is 3.14. The van der Waals surface area contributed by atoms with Gasteiger partial charge in [0.15, 0.2) is 0 Å². The Kier molecular flexibility index (Phi) is 4.30. The number of halogens is 1. The second-order valence-corrected chi connectivity index (χ2v) is 5.97. The highest BCUT2D eigenvalue weighted by molar-refractivity contribution is 6.05. The van der Waals surface area contributed by atoms with Crippen molar-refractivity contribution in [2.24, 2.45) is 0 Å². The summed E-state index contributed by atoms with van der Waals surface area (Å²) >= 11 is 0. The number of ether oxygens (including phenoxy) is 1. The van der Waals surface area contributed by atoms with E-state index >= 15 is 0 Å². The molecule has 0 saturated heterocycles. The van der Waals surface area contributed by atoms with E-state index in [1.807, 2.05) is 41.1 Å². The number of carbonyl (C=O) groups is 1. The topological polar surface area (TPSA) is 55.6 Å². The predicted molar refractivity (Wildman–Crippen MR) is 102 cm³/mol. The van der Waals surface area contributed by atoms with Crippen LogP contribution in [0.15, 0.2) is 73.1 Å². The number of aromatic nitrogens is 2. The van der Waals surface area contributed by atoms with E-state index in [1.54, 1.807) is 18.2 Å². The lowest BCUT2D eigenvalue weighted by Crippen LogP contribution is -2.13. The highest BCUT2D eigenvalue weighted by atomic mass is 19.1. The third kappa shape index (κ3) is 3.37. The van der Waals surface area contributed by atoms with E-state index in [4.69, 9.17) is 4.74 Å². The lowest BCUT2D eigenvalue weighted by molar-refractivity contribution is 0.102. The molecule has 0 atom stereocenters. The lowest BCUT2D eigenvalue weighted by atomic mass is 10.1. The third-order valence-electron chi connectivity index (χ3n) is 4.19. The third-order valence-corrected chi connectivity index (χ3v) is 4.19. The maximum Gasteiger partial charge on any atom is 0.255 e. The summed E-state index contributed by atoms with van der Waals surface area (Å²) < 4.78 is 20.6. The summed E-state index contributed by atoms with van der Waals surface area (Å²) in [6.45, 7) is 0. The summed E-state index contributed by atoms with van der Waals surface area (Å²) in [5.74, 6) is -0.375. The van der Waals surface area contributed by atoms with Gasteiger partial charge in [0.2, 0.25) is 0 Å². The molecule has 0 radical (unpaired) electrons. The monoisotopic (exact) mass is 361 g/mol. The fourth-order valence-electron chi connectivity index (χ4n) is 2.86. The molecule has 0 unspecified atom stereocenters. The molecule has 0 aliphatic heterocycles. The van der Waals surface area contributed by atoms with Crippen LogP contribution in [0.4, 0.5) is 10.1 Å². The zero-order valence-corrected chi connectivity index (χ0v) is 14.5. The van der Waals surface area contributed by atoms with Crippen LogP contribution in [-0.4, -0.2) is 22.4 Å². The normalized spacial score (nSPS) is 10.7. The molecule has 1 N–H and O–H groups in total. The average molecular weight is 361 g/mol. The average Bonchev–Trinajstić information content (AvgIpc) is 3.12. The number of nitrogens with one attached hydrogen (secondary N) is 1. The minimum Gasteiger partial charge on any atom is -0.495 e. The van der Waals surface area contributed by atoms with Gasteiger partial charge in [-0.25, -0.2) is 9.37 Å². The van der Waals surface area contributed by atoms with Crippen molar-refractivity contribution < 1.29 is 13.9 Å². The van der Waals surface area contributed by atoms with Gasteiger partial charge in [-0.1, -0.05) is 12.1 Å².